The number of aryl methyl sites for hydroxylation is 1. The summed E-state index contributed by atoms with van der Waals surface area (Å²) in [6.07, 6.45) is 0.314. The topological polar surface area (TPSA) is 34.5 Å². The number of thiazole rings is 1. The van der Waals surface area contributed by atoms with E-state index in [1.165, 1.54) is 11.3 Å². The van der Waals surface area contributed by atoms with Crippen molar-refractivity contribution < 1.29 is 4.74 Å². The molecule has 0 aliphatic carbocycles. The average Bonchev–Trinajstić information content (AvgIpc) is 2.56. The molecule has 4 nitrogen and oxygen atoms in total. The molecule has 1 atom stereocenters. The van der Waals surface area contributed by atoms with Gasteiger partial charge in [0, 0.05) is 37.3 Å². The molecule has 0 amide bonds. The minimum atomic E-state index is 0.152. The van der Waals surface area contributed by atoms with Crippen LogP contribution in [0.1, 0.15) is 12.6 Å². The molecule has 0 radical (unpaired) electrons. The van der Waals surface area contributed by atoms with Gasteiger partial charge in [-0.05, 0) is 13.8 Å². The van der Waals surface area contributed by atoms with Gasteiger partial charge in [0.2, 0.25) is 0 Å². The number of morpholine rings is 1. The summed E-state index contributed by atoms with van der Waals surface area (Å²) in [6.45, 7) is 8.55. The molecule has 0 N–H and O–H groups in total. The van der Waals surface area contributed by atoms with E-state index in [4.69, 9.17) is 4.74 Å². The Morgan fingerprint density at radius 3 is 3.00 bits per heavy atom. The van der Waals surface area contributed by atoms with E-state index in [2.05, 4.69) is 11.8 Å². The number of rotatable bonds is 3. The maximum atomic E-state index is 11.5. The molecule has 0 aromatic carbocycles. The smallest absolute Gasteiger partial charge is 0.307 e. The largest absolute Gasteiger partial charge is 0.376 e. The van der Waals surface area contributed by atoms with Crippen LogP contribution in [0.3, 0.4) is 0 Å². The van der Waals surface area contributed by atoms with E-state index in [-0.39, 0.29) is 4.87 Å². The third kappa shape index (κ3) is 2.72. The van der Waals surface area contributed by atoms with Gasteiger partial charge in [-0.25, -0.2) is 0 Å². The van der Waals surface area contributed by atoms with Gasteiger partial charge in [0.15, 0.2) is 0 Å². The number of hydrogen-bond acceptors (Lipinski definition) is 4. The lowest BCUT2D eigenvalue weighted by Crippen LogP contribution is -2.42. The molecular formula is C11H18N2O2S. The highest BCUT2D eigenvalue weighted by molar-refractivity contribution is 7.07. The van der Waals surface area contributed by atoms with Crippen molar-refractivity contribution in [3.8, 4) is 0 Å². The van der Waals surface area contributed by atoms with Crippen LogP contribution in [0.2, 0.25) is 0 Å². The number of aromatic nitrogens is 1. The summed E-state index contributed by atoms with van der Waals surface area (Å²) in [5.41, 5.74) is 1.07. The van der Waals surface area contributed by atoms with Crippen LogP contribution in [-0.4, -0.2) is 41.8 Å². The second-order valence-corrected chi connectivity index (χ2v) is 5.10. The van der Waals surface area contributed by atoms with Gasteiger partial charge in [0.05, 0.1) is 12.7 Å². The number of ether oxygens (including phenoxy) is 1. The zero-order valence-corrected chi connectivity index (χ0v) is 10.6. The van der Waals surface area contributed by atoms with Crippen LogP contribution in [-0.2, 0) is 11.3 Å². The summed E-state index contributed by atoms with van der Waals surface area (Å²) in [5.74, 6) is 0. The molecule has 16 heavy (non-hydrogen) atoms. The molecule has 0 spiro atoms. The Balaban J connectivity index is 1.90. The van der Waals surface area contributed by atoms with E-state index in [0.717, 1.165) is 38.5 Å². The molecule has 90 valence electrons. The fraction of sp³-hybridized carbons (Fsp3) is 0.727. The monoisotopic (exact) mass is 242 g/mol. The molecule has 1 aliphatic rings. The molecule has 1 aliphatic heterocycles. The lowest BCUT2D eigenvalue weighted by molar-refractivity contribution is -0.0192. The van der Waals surface area contributed by atoms with Gasteiger partial charge < -0.3 is 9.30 Å². The molecule has 0 bridgehead atoms. The molecule has 1 saturated heterocycles. The molecule has 0 unspecified atom stereocenters. The van der Waals surface area contributed by atoms with Gasteiger partial charge in [0.1, 0.15) is 0 Å². The van der Waals surface area contributed by atoms with Crippen molar-refractivity contribution in [1.82, 2.24) is 9.47 Å². The molecule has 1 aromatic heterocycles. The van der Waals surface area contributed by atoms with Gasteiger partial charge in [-0.1, -0.05) is 11.3 Å². The molecular weight excluding hydrogens is 224 g/mol. The van der Waals surface area contributed by atoms with Gasteiger partial charge in [-0.15, -0.1) is 0 Å². The van der Waals surface area contributed by atoms with Gasteiger partial charge >= 0.3 is 4.87 Å². The maximum absolute atomic E-state index is 11.5. The third-order valence-electron chi connectivity index (χ3n) is 2.94. The van der Waals surface area contributed by atoms with E-state index in [9.17, 15) is 4.79 Å². The first-order chi connectivity index (χ1) is 7.66. The van der Waals surface area contributed by atoms with E-state index in [1.807, 2.05) is 16.9 Å². The van der Waals surface area contributed by atoms with Crippen LogP contribution >= 0.6 is 11.3 Å². The summed E-state index contributed by atoms with van der Waals surface area (Å²) in [4.78, 5) is 14.0. The van der Waals surface area contributed by atoms with Crippen molar-refractivity contribution in [3.05, 3.63) is 20.7 Å². The van der Waals surface area contributed by atoms with Gasteiger partial charge in [0.25, 0.3) is 0 Å². The Bertz CT molecular complexity index is 399. The number of hydrogen-bond donors (Lipinski definition) is 0. The third-order valence-corrected chi connectivity index (χ3v) is 3.82. The molecule has 2 rings (SSSR count). The van der Waals surface area contributed by atoms with Crippen molar-refractivity contribution >= 4 is 11.3 Å². The Labute approximate surface area is 99.4 Å². The van der Waals surface area contributed by atoms with Crippen LogP contribution in [0.4, 0.5) is 0 Å². The quantitative estimate of drug-likeness (QED) is 0.791. The van der Waals surface area contributed by atoms with E-state index >= 15 is 0 Å². The highest BCUT2D eigenvalue weighted by Crippen LogP contribution is 2.05. The Hall–Kier alpha value is -0.650. The predicted octanol–water partition coefficient (Wildman–Crippen LogP) is 0.939. The van der Waals surface area contributed by atoms with Crippen LogP contribution in [0.5, 0.6) is 0 Å². The standard InChI is InChI=1S/C11H18N2O2S/c1-9-8-16-11(14)13(9)4-3-12-5-6-15-10(2)7-12/h8,10H,3-7H2,1-2H3/t10-/m0/s1. The first kappa shape index (κ1) is 11.8. The number of nitrogens with zero attached hydrogens (tertiary/aromatic N) is 2. The molecule has 1 fully saturated rings. The average molecular weight is 242 g/mol. The normalized spacial score (nSPS) is 22.5. The Morgan fingerprint density at radius 2 is 2.38 bits per heavy atom. The van der Waals surface area contributed by atoms with Crippen molar-refractivity contribution in [1.29, 1.82) is 0 Å². The summed E-state index contributed by atoms with van der Waals surface area (Å²) in [6, 6.07) is 0. The lowest BCUT2D eigenvalue weighted by Gasteiger charge is -2.31. The van der Waals surface area contributed by atoms with E-state index in [1.54, 1.807) is 0 Å². The highest BCUT2D eigenvalue weighted by atomic mass is 32.1. The highest BCUT2D eigenvalue weighted by Gasteiger charge is 2.16. The minimum absolute atomic E-state index is 0.152. The molecule has 5 heteroatoms. The lowest BCUT2D eigenvalue weighted by atomic mass is 10.3. The zero-order chi connectivity index (χ0) is 11.5. The van der Waals surface area contributed by atoms with Gasteiger partial charge in [-0.3, -0.25) is 9.69 Å². The van der Waals surface area contributed by atoms with Crippen LogP contribution in [0.15, 0.2) is 10.2 Å². The Kier molecular flexibility index (Phi) is 3.78. The molecule has 0 saturated carbocycles. The van der Waals surface area contributed by atoms with Crippen LogP contribution < -0.4 is 4.87 Å². The van der Waals surface area contributed by atoms with Crippen molar-refractivity contribution in [2.24, 2.45) is 0 Å². The van der Waals surface area contributed by atoms with Gasteiger partial charge in [-0.2, -0.15) is 0 Å². The summed E-state index contributed by atoms with van der Waals surface area (Å²) in [7, 11) is 0. The van der Waals surface area contributed by atoms with Crippen molar-refractivity contribution in [2.75, 3.05) is 26.2 Å². The Morgan fingerprint density at radius 1 is 1.56 bits per heavy atom. The summed E-state index contributed by atoms with van der Waals surface area (Å²) < 4.78 is 7.34. The van der Waals surface area contributed by atoms with Crippen molar-refractivity contribution in [2.45, 2.75) is 26.5 Å². The SMILES string of the molecule is Cc1csc(=O)n1CCN1CCO[C@@H](C)C1. The fourth-order valence-corrected chi connectivity index (χ4v) is 2.77. The van der Waals surface area contributed by atoms with Crippen LogP contribution in [0, 0.1) is 6.92 Å². The summed E-state index contributed by atoms with van der Waals surface area (Å²) in [5, 5.41) is 1.92. The van der Waals surface area contributed by atoms with E-state index in [0.29, 0.717) is 6.10 Å². The first-order valence-electron chi connectivity index (χ1n) is 5.65. The second-order valence-electron chi connectivity index (χ2n) is 4.28. The van der Waals surface area contributed by atoms with Crippen molar-refractivity contribution in [3.63, 3.8) is 0 Å². The molecule has 1 aromatic rings. The maximum Gasteiger partial charge on any atom is 0.307 e. The van der Waals surface area contributed by atoms with E-state index < -0.39 is 0 Å². The second kappa shape index (κ2) is 5.12. The minimum Gasteiger partial charge on any atom is -0.376 e. The summed E-state index contributed by atoms with van der Waals surface area (Å²) >= 11 is 1.28. The zero-order valence-electron chi connectivity index (χ0n) is 9.81. The fourth-order valence-electron chi connectivity index (χ4n) is 2.01. The predicted molar refractivity (Wildman–Crippen MR) is 65.2 cm³/mol. The molecule has 2 heterocycles. The first-order valence-corrected chi connectivity index (χ1v) is 6.53. The van der Waals surface area contributed by atoms with Crippen LogP contribution in [0.25, 0.3) is 0 Å².